The molecule has 0 heterocycles. The zero-order chi connectivity index (χ0) is 12.0. The molecular formula is C12H17NO2S. The molecule has 16 heavy (non-hydrogen) atoms. The third-order valence-electron chi connectivity index (χ3n) is 2.11. The molecule has 1 rings (SSSR count). The van der Waals surface area contributed by atoms with Crippen LogP contribution < -0.4 is 4.72 Å². The second-order valence-electron chi connectivity index (χ2n) is 4.04. The summed E-state index contributed by atoms with van der Waals surface area (Å²) in [7, 11) is -1.43. The molecule has 3 nitrogen and oxygen atoms in total. The third kappa shape index (κ3) is 4.57. The van der Waals surface area contributed by atoms with E-state index in [1.807, 2.05) is 6.07 Å². The molecule has 0 bridgehead atoms. The topological polar surface area (TPSA) is 46.2 Å². The van der Waals surface area contributed by atoms with E-state index >= 15 is 0 Å². The lowest BCUT2D eigenvalue weighted by Gasteiger charge is -2.06. The molecule has 0 aliphatic heterocycles. The Bertz CT molecular complexity index is 363. The standard InChI is InChI=1S/C12H17NO2S/c1-10(2)8-9-12(14)13-16(15)11-6-4-3-5-7-11/h3-7,10H,8-9H2,1-2H3,(H,13,14). The molecular weight excluding hydrogens is 222 g/mol. The first-order valence-corrected chi connectivity index (χ1v) is 6.51. The molecule has 1 aromatic rings. The Morgan fingerprint density at radius 1 is 1.31 bits per heavy atom. The van der Waals surface area contributed by atoms with E-state index in [1.165, 1.54) is 0 Å². The second kappa shape index (κ2) is 6.43. The number of benzene rings is 1. The average molecular weight is 239 g/mol. The molecule has 0 radical (unpaired) electrons. The summed E-state index contributed by atoms with van der Waals surface area (Å²) in [5.74, 6) is 0.326. The molecule has 0 saturated carbocycles. The number of rotatable bonds is 5. The van der Waals surface area contributed by atoms with Crippen LogP contribution in [0.3, 0.4) is 0 Å². The van der Waals surface area contributed by atoms with E-state index < -0.39 is 11.0 Å². The molecule has 1 aromatic carbocycles. The molecule has 0 spiro atoms. The Balaban J connectivity index is 2.43. The van der Waals surface area contributed by atoms with Gasteiger partial charge < -0.3 is 0 Å². The number of carbonyl (C=O) groups excluding carboxylic acids is 1. The van der Waals surface area contributed by atoms with Crippen molar-refractivity contribution >= 4 is 16.9 Å². The Hall–Kier alpha value is -1.16. The van der Waals surface area contributed by atoms with Crippen molar-refractivity contribution in [2.24, 2.45) is 5.92 Å². The van der Waals surface area contributed by atoms with Gasteiger partial charge in [0.25, 0.3) is 0 Å². The van der Waals surface area contributed by atoms with Gasteiger partial charge >= 0.3 is 0 Å². The highest BCUT2D eigenvalue weighted by Gasteiger charge is 2.08. The minimum absolute atomic E-state index is 0.157. The average Bonchev–Trinajstić information content (AvgIpc) is 2.27. The van der Waals surface area contributed by atoms with Crippen molar-refractivity contribution < 1.29 is 9.00 Å². The summed E-state index contributed by atoms with van der Waals surface area (Å²) in [4.78, 5) is 12.1. The van der Waals surface area contributed by atoms with Gasteiger partial charge in [-0.25, -0.2) is 4.21 Å². The van der Waals surface area contributed by atoms with E-state index in [2.05, 4.69) is 18.6 Å². The molecule has 0 aliphatic carbocycles. The summed E-state index contributed by atoms with van der Waals surface area (Å²) in [5, 5.41) is 0. The summed E-state index contributed by atoms with van der Waals surface area (Å²) in [6.45, 7) is 4.11. The predicted molar refractivity (Wildman–Crippen MR) is 65.1 cm³/mol. The van der Waals surface area contributed by atoms with Crippen molar-refractivity contribution in [3.8, 4) is 0 Å². The van der Waals surface area contributed by atoms with Crippen LogP contribution in [0.25, 0.3) is 0 Å². The summed E-state index contributed by atoms with van der Waals surface area (Å²) in [6.07, 6.45) is 1.24. The Labute approximate surface area is 98.8 Å². The molecule has 1 atom stereocenters. The summed E-state index contributed by atoms with van der Waals surface area (Å²) >= 11 is 0. The van der Waals surface area contributed by atoms with Crippen LogP contribution in [0, 0.1) is 5.92 Å². The van der Waals surface area contributed by atoms with E-state index in [9.17, 15) is 9.00 Å². The van der Waals surface area contributed by atoms with Crippen LogP contribution in [0.1, 0.15) is 26.7 Å². The van der Waals surface area contributed by atoms with Gasteiger partial charge in [-0.1, -0.05) is 32.0 Å². The first kappa shape index (κ1) is 12.9. The minimum atomic E-state index is -1.43. The Kier molecular flexibility index (Phi) is 5.19. The summed E-state index contributed by atoms with van der Waals surface area (Å²) in [5.41, 5.74) is 0. The maximum atomic E-state index is 11.7. The van der Waals surface area contributed by atoms with Gasteiger partial charge in [0.05, 0.1) is 4.90 Å². The van der Waals surface area contributed by atoms with Crippen molar-refractivity contribution in [2.45, 2.75) is 31.6 Å². The molecule has 4 heteroatoms. The third-order valence-corrected chi connectivity index (χ3v) is 3.23. The van der Waals surface area contributed by atoms with Crippen LogP contribution in [-0.2, 0) is 15.8 Å². The maximum Gasteiger partial charge on any atom is 0.231 e. The number of hydrogen-bond acceptors (Lipinski definition) is 2. The summed E-state index contributed by atoms with van der Waals surface area (Å²) < 4.78 is 14.2. The second-order valence-corrected chi connectivity index (χ2v) is 5.25. The smallest absolute Gasteiger partial charge is 0.231 e. The van der Waals surface area contributed by atoms with Gasteiger partial charge in [-0.3, -0.25) is 9.52 Å². The maximum absolute atomic E-state index is 11.7. The lowest BCUT2D eigenvalue weighted by atomic mass is 10.1. The zero-order valence-electron chi connectivity index (χ0n) is 9.60. The van der Waals surface area contributed by atoms with E-state index in [4.69, 9.17) is 0 Å². The molecule has 1 N–H and O–H groups in total. The molecule has 0 saturated heterocycles. The van der Waals surface area contributed by atoms with Crippen molar-refractivity contribution in [3.05, 3.63) is 30.3 Å². The Morgan fingerprint density at radius 3 is 2.50 bits per heavy atom. The fraction of sp³-hybridized carbons (Fsp3) is 0.417. The quantitative estimate of drug-likeness (QED) is 0.856. The van der Waals surface area contributed by atoms with Crippen LogP contribution in [-0.4, -0.2) is 10.1 Å². The number of amides is 1. The van der Waals surface area contributed by atoms with E-state index in [1.54, 1.807) is 24.3 Å². The molecule has 0 aromatic heterocycles. The molecule has 0 fully saturated rings. The molecule has 88 valence electrons. The largest absolute Gasteiger partial charge is 0.274 e. The SMILES string of the molecule is CC(C)CCC(=O)NS(=O)c1ccccc1. The highest BCUT2D eigenvalue weighted by molar-refractivity contribution is 7.83. The first-order valence-electron chi connectivity index (χ1n) is 5.36. The zero-order valence-corrected chi connectivity index (χ0v) is 10.4. The van der Waals surface area contributed by atoms with Crippen molar-refractivity contribution in [1.82, 2.24) is 4.72 Å². The van der Waals surface area contributed by atoms with E-state index in [0.29, 0.717) is 17.2 Å². The van der Waals surface area contributed by atoms with Gasteiger partial charge in [0.2, 0.25) is 5.91 Å². The van der Waals surface area contributed by atoms with Crippen LogP contribution in [0.2, 0.25) is 0 Å². The highest BCUT2D eigenvalue weighted by atomic mass is 32.2. The molecule has 1 amide bonds. The molecule has 1 unspecified atom stereocenters. The van der Waals surface area contributed by atoms with Gasteiger partial charge in [0.1, 0.15) is 0 Å². The van der Waals surface area contributed by atoms with Crippen LogP contribution in [0.15, 0.2) is 35.2 Å². The van der Waals surface area contributed by atoms with Crippen molar-refractivity contribution in [2.75, 3.05) is 0 Å². The first-order chi connectivity index (χ1) is 7.59. The lowest BCUT2D eigenvalue weighted by molar-refractivity contribution is -0.119. The van der Waals surface area contributed by atoms with Gasteiger partial charge in [-0.05, 0) is 24.5 Å². The van der Waals surface area contributed by atoms with Crippen LogP contribution in [0.5, 0.6) is 0 Å². The van der Waals surface area contributed by atoms with Crippen LogP contribution >= 0.6 is 0 Å². The lowest BCUT2D eigenvalue weighted by Crippen LogP contribution is -2.25. The summed E-state index contributed by atoms with van der Waals surface area (Å²) in [6, 6.07) is 8.92. The fourth-order valence-electron chi connectivity index (χ4n) is 1.18. The number of hydrogen-bond donors (Lipinski definition) is 1. The highest BCUT2D eigenvalue weighted by Crippen LogP contribution is 2.06. The Morgan fingerprint density at radius 2 is 1.94 bits per heavy atom. The normalized spacial score (nSPS) is 12.4. The van der Waals surface area contributed by atoms with E-state index in [0.717, 1.165) is 6.42 Å². The van der Waals surface area contributed by atoms with E-state index in [-0.39, 0.29) is 5.91 Å². The van der Waals surface area contributed by atoms with Gasteiger partial charge in [-0.15, -0.1) is 0 Å². The van der Waals surface area contributed by atoms with Gasteiger partial charge in [0, 0.05) is 6.42 Å². The molecule has 0 aliphatic rings. The monoisotopic (exact) mass is 239 g/mol. The van der Waals surface area contributed by atoms with Crippen LogP contribution in [0.4, 0.5) is 0 Å². The van der Waals surface area contributed by atoms with Gasteiger partial charge in [0.15, 0.2) is 11.0 Å². The number of carbonyl (C=O) groups is 1. The predicted octanol–water partition coefficient (Wildman–Crippen LogP) is 2.26. The number of nitrogens with one attached hydrogen (secondary N) is 1. The van der Waals surface area contributed by atoms with Gasteiger partial charge in [-0.2, -0.15) is 0 Å². The van der Waals surface area contributed by atoms with Crippen molar-refractivity contribution in [3.63, 3.8) is 0 Å². The minimum Gasteiger partial charge on any atom is -0.274 e. The van der Waals surface area contributed by atoms with Crippen molar-refractivity contribution in [1.29, 1.82) is 0 Å². The fourth-order valence-corrected chi connectivity index (χ4v) is 2.01.